The molecule has 0 fully saturated rings. The van der Waals surface area contributed by atoms with Crippen LogP contribution in [-0.4, -0.2) is 18.6 Å². The number of hydrogen-bond donors (Lipinski definition) is 2. The fourth-order valence-corrected chi connectivity index (χ4v) is 2.36. The lowest BCUT2D eigenvalue weighted by Crippen LogP contribution is -2.36. The summed E-state index contributed by atoms with van der Waals surface area (Å²) in [5.41, 5.74) is 6.52. The number of para-hydroxylation sites is 1. The zero-order chi connectivity index (χ0) is 14.3. The number of benzene rings is 1. The normalized spacial score (nSPS) is 12.0. The highest BCUT2D eigenvalue weighted by Gasteiger charge is 2.11. The smallest absolute Gasteiger partial charge is 0.258 e. The maximum atomic E-state index is 11.7. The molecule has 0 heterocycles. The molecule has 1 atom stereocenters. The molecule has 0 bridgehead atoms. The topological polar surface area (TPSA) is 64.3 Å². The van der Waals surface area contributed by atoms with Gasteiger partial charge >= 0.3 is 0 Å². The van der Waals surface area contributed by atoms with Crippen LogP contribution in [0.4, 0.5) is 0 Å². The molecule has 4 nitrogen and oxygen atoms in total. The summed E-state index contributed by atoms with van der Waals surface area (Å²) in [6.45, 7) is 4.46. The molecule has 0 aromatic heterocycles. The van der Waals surface area contributed by atoms with E-state index >= 15 is 0 Å². The van der Waals surface area contributed by atoms with Crippen LogP contribution in [-0.2, 0) is 11.3 Å². The van der Waals surface area contributed by atoms with Gasteiger partial charge in [-0.25, -0.2) is 0 Å². The molecule has 1 aromatic carbocycles. The second-order valence-corrected chi connectivity index (χ2v) is 5.33. The van der Waals surface area contributed by atoms with Crippen LogP contribution >= 0.6 is 15.9 Å². The lowest BCUT2D eigenvalue weighted by atomic mass is 10.2. The fraction of sp³-hybridized carbons (Fsp3) is 0.500. The third-order valence-corrected chi connectivity index (χ3v) is 3.37. The van der Waals surface area contributed by atoms with Gasteiger partial charge in [-0.15, -0.1) is 0 Å². The minimum Gasteiger partial charge on any atom is -0.482 e. The first-order valence-electron chi connectivity index (χ1n) is 6.48. The second-order valence-electron chi connectivity index (χ2n) is 4.48. The minimum atomic E-state index is -0.111. The van der Waals surface area contributed by atoms with Gasteiger partial charge in [0.2, 0.25) is 0 Å². The van der Waals surface area contributed by atoms with E-state index in [2.05, 4.69) is 28.2 Å². The first-order valence-corrected chi connectivity index (χ1v) is 7.27. The number of nitrogens with one attached hydrogen (secondary N) is 1. The number of nitrogens with two attached hydrogens (primary N) is 1. The zero-order valence-electron chi connectivity index (χ0n) is 11.4. The third-order valence-electron chi connectivity index (χ3n) is 2.75. The Balaban J connectivity index is 2.55. The van der Waals surface area contributed by atoms with E-state index < -0.39 is 0 Å². The van der Waals surface area contributed by atoms with Gasteiger partial charge in [-0.05, 0) is 35.3 Å². The summed E-state index contributed by atoms with van der Waals surface area (Å²) in [5, 5.41) is 2.90. The first kappa shape index (κ1) is 16.0. The average Bonchev–Trinajstić information content (AvgIpc) is 2.37. The molecule has 3 N–H and O–H groups in total. The Morgan fingerprint density at radius 2 is 2.26 bits per heavy atom. The molecular weight excluding hydrogens is 308 g/mol. The molecule has 1 amide bonds. The Kier molecular flexibility index (Phi) is 6.87. The van der Waals surface area contributed by atoms with Crippen LogP contribution in [0, 0.1) is 0 Å². The Labute approximate surface area is 122 Å². The van der Waals surface area contributed by atoms with Crippen LogP contribution in [0.15, 0.2) is 22.7 Å². The lowest BCUT2D eigenvalue weighted by Gasteiger charge is -2.15. The molecule has 0 saturated heterocycles. The van der Waals surface area contributed by atoms with Crippen LogP contribution in [0.1, 0.15) is 32.3 Å². The van der Waals surface area contributed by atoms with Crippen molar-refractivity contribution in [3.63, 3.8) is 0 Å². The van der Waals surface area contributed by atoms with Crippen LogP contribution in [0.3, 0.4) is 0 Å². The van der Waals surface area contributed by atoms with Crippen LogP contribution < -0.4 is 15.8 Å². The number of carbonyl (C=O) groups excluding carboxylic acids is 1. The fourth-order valence-electron chi connectivity index (χ4n) is 1.84. The summed E-state index contributed by atoms with van der Waals surface area (Å²) in [4.78, 5) is 11.7. The predicted octanol–water partition coefficient (Wildman–Crippen LogP) is 2.59. The van der Waals surface area contributed by atoms with Gasteiger partial charge in [-0.3, -0.25) is 4.79 Å². The summed E-state index contributed by atoms with van der Waals surface area (Å²) in [6, 6.07) is 5.82. The molecule has 1 aromatic rings. The maximum Gasteiger partial charge on any atom is 0.258 e. The van der Waals surface area contributed by atoms with Crippen molar-refractivity contribution >= 4 is 21.8 Å². The second kappa shape index (κ2) is 8.17. The zero-order valence-corrected chi connectivity index (χ0v) is 13.0. The number of carbonyl (C=O) groups is 1. The Morgan fingerprint density at radius 1 is 1.53 bits per heavy atom. The summed E-state index contributed by atoms with van der Waals surface area (Å²) < 4.78 is 6.37. The Bertz CT molecular complexity index is 424. The van der Waals surface area contributed by atoms with E-state index in [0.717, 1.165) is 22.9 Å². The number of ether oxygens (including phenoxy) is 1. The maximum absolute atomic E-state index is 11.7. The molecule has 0 aliphatic carbocycles. The molecule has 106 valence electrons. The van der Waals surface area contributed by atoms with E-state index in [0.29, 0.717) is 12.3 Å². The summed E-state index contributed by atoms with van der Waals surface area (Å²) in [5.74, 6) is 0.531. The molecule has 1 rings (SSSR count). The van der Waals surface area contributed by atoms with E-state index in [4.69, 9.17) is 10.5 Å². The van der Waals surface area contributed by atoms with Crippen molar-refractivity contribution in [2.24, 2.45) is 5.73 Å². The van der Waals surface area contributed by atoms with Crippen molar-refractivity contribution < 1.29 is 9.53 Å². The van der Waals surface area contributed by atoms with Crippen LogP contribution in [0.25, 0.3) is 0 Å². The van der Waals surface area contributed by atoms with Gasteiger partial charge in [0.1, 0.15) is 5.75 Å². The van der Waals surface area contributed by atoms with E-state index in [-0.39, 0.29) is 18.6 Å². The summed E-state index contributed by atoms with van der Waals surface area (Å²) >= 11 is 3.40. The van der Waals surface area contributed by atoms with Gasteiger partial charge in [-0.2, -0.15) is 0 Å². The molecule has 0 spiro atoms. The number of rotatable bonds is 7. The molecular formula is C14H21BrN2O2. The molecule has 1 unspecified atom stereocenters. The van der Waals surface area contributed by atoms with Crippen molar-refractivity contribution in [1.82, 2.24) is 5.32 Å². The monoisotopic (exact) mass is 328 g/mol. The van der Waals surface area contributed by atoms with E-state index in [9.17, 15) is 4.79 Å². The van der Waals surface area contributed by atoms with Crippen molar-refractivity contribution in [1.29, 1.82) is 0 Å². The summed E-state index contributed by atoms with van der Waals surface area (Å²) in [7, 11) is 0. The van der Waals surface area contributed by atoms with E-state index in [1.165, 1.54) is 0 Å². The van der Waals surface area contributed by atoms with Gasteiger partial charge < -0.3 is 15.8 Å². The van der Waals surface area contributed by atoms with Gasteiger partial charge in [-0.1, -0.05) is 25.5 Å². The highest BCUT2D eigenvalue weighted by Crippen LogP contribution is 2.28. The van der Waals surface area contributed by atoms with Crippen molar-refractivity contribution in [3.05, 3.63) is 28.2 Å². The number of halogens is 1. The van der Waals surface area contributed by atoms with Gasteiger partial charge in [0.05, 0.1) is 4.47 Å². The minimum absolute atomic E-state index is 0.00364. The van der Waals surface area contributed by atoms with Gasteiger partial charge in [0.15, 0.2) is 6.61 Å². The number of hydrogen-bond acceptors (Lipinski definition) is 3. The van der Waals surface area contributed by atoms with Crippen LogP contribution in [0.5, 0.6) is 5.75 Å². The summed E-state index contributed by atoms with van der Waals surface area (Å²) in [6.07, 6.45) is 2.01. The molecule has 0 aliphatic rings. The SMILES string of the molecule is CCCC(C)NC(=O)COc1c(Br)cccc1CN. The highest BCUT2D eigenvalue weighted by atomic mass is 79.9. The Hall–Kier alpha value is -1.07. The molecule has 0 aliphatic heterocycles. The lowest BCUT2D eigenvalue weighted by molar-refractivity contribution is -0.123. The van der Waals surface area contributed by atoms with Crippen LogP contribution in [0.2, 0.25) is 0 Å². The standard InChI is InChI=1S/C14H21BrN2O2/c1-3-5-10(2)17-13(18)9-19-14-11(8-16)6-4-7-12(14)15/h4,6-7,10H,3,5,8-9,16H2,1-2H3,(H,17,18). The van der Waals surface area contributed by atoms with E-state index in [1.54, 1.807) is 0 Å². The van der Waals surface area contributed by atoms with Crippen molar-refractivity contribution in [2.45, 2.75) is 39.3 Å². The predicted molar refractivity (Wildman–Crippen MR) is 80.0 cm³/mol. The molecule has 5 heteroatoms. The largest absolute Gasteiger partial charge is 0.482 e. The van der Waals surface area contributed by atoms with Crippen molar-refractivity contribution in [3.8, 4) is 5.75 Å². The molecule has 0 saturated carbocycles. The van der Waals surface area contributed by atoms with Gasteiger partial charge in [0, 0.05) is 18.2 Å². The highest BCUT2D eigenvalue weighted by molar-refractivity contribution is 9.10. The quantitative estimate of drug-likeness (QED) is 0.808. The molecule has 19 heavy (non-hydrogen) atoms. The van der Waals surface area contributed by atoms with E-state index in [1.807, 2.05) is 25.1 Å². The third kappa shape index (κ3) is 5.20. The first-order chi connectivity index (χ1) is 9.08. The number of amides is 1. The van der Waals surface area contributed by atoms with Gasteiger partial charge in [0.25, 0.3) is 5.91 Å². The average molecular weight is 329 g/mol. The van der Waals surface area contributed by atoms with Crippen molar-refractivity contribution in [2.75, 3.05) is 6.61 Å². The Morgan fingerprint density at radius 3 is 2.89 bits per heavy atom. The molecule has 0 radical (unpaired) electrons.